The third kappa shape index (κ3) is 7.04. The van der Waals surface area contributed by atoms with Crippen molar-refractivity contribution in [1.82, 2.24) is 20.7 Å². The van der Waals surface area contributed by atoms with Gasteiger partial charge in [-0.2, -0.15) is 0 Å². The lowest BCUT2D eigenvalue weighted by Gasteiger charge is -2.35. The van der Waals surface area contributed by atoms with E-state index in [0.29, 0.717) is 25.1 Å². The number of rotatable bonds is 3. The van der Waals surface area contributed by atoms with Crippen molar-refractivity contribution in [2.45, 2.75) is 72.1 Å². The monoisotopic (exact) mass is 578 g/mol. The summed E-state index contributed by atoms with van der Waals surface area (Å²) >= 11 is 0. The summed E-state index contributed by atoms with van der Waals surface area (Å²) < 4.78 is 11.2. The number of pyridine rings is 1. The van der Waals surface area contributed by atoms with Gasteiger partial charge in [0.05, 0.1) is 23.9 Å². The molecule has 1 saturated heterocycles. The van der Waals surface area contributed by atoms with Crippen LogP contribution in [-0.2, 0) is 28.7 Å². The Balaban J connectivity index is 1.74. The molecule has 1 aromatic carbocycles. The quantitative estimate of drug-likeness (QED) is 0.528. The Bertz CT molecular complexity index is 1370. The number of ether oxygens (including phenoxy) is 2. The van der Waals surface area contributed by atoms with E-state index in [9.17, 15) is 19.2 Å². The zero-order valence-electron chi connectivity index (χ0n) is 25.3. The molecule has 10 heteroatoms. The molecule has 2 aliphatic rings. The number of hydrogen-bond donors (Lipinski definition) is 2. The van der Waals surface area contributed by atoms with Gasteiger partial charge in [0.25, 0.3) is 0 Å². The Morgan fingerprint density at radius 3 is 2.60 bits per heavy atom. The first-order valence-electron chi connectivity index (χ1n) is 14.6. The number of methoxy groups -OCH3 is 1. The van der Waals surface area contributed by atoms with Crippen LogP contribution in [0.1, 0.15) is 71.2 Å². The SMILES string of the molecule is COC[C@]1(C)/C=C/c2ccc3ccc(nc3c2)[C@@H](C)NC(=O)[C@@H]2CCCN(N2)C(=O)[C@H](C)CC(=O)[C@H](C(C)C)OC1=O. The number of ketones is 1. The van der Waals surface area contributed by atoms with Crippen LogP contribution in [0.15, 0.2) is 36.4 Å². The minimum absolute atomic E-state index is 0.0468. The molecule has 1 aromatic heterocycles. The summed E-state index contributed by atoms with van der Waals surface area (Å²) in [5.74, 6) is -2.40. The molecule has 5 atom stereocenters. The van der Waals surface area contributed by atoms with Crippen LogP contribution >= 0.6 is 0 Å². The van der Waals surface area contributed by atoms with Crippen molar-refractivity contribution in [2.24, 2.45) is 17.3 Å². The van der Waals surface area contributed by atoms with Gasteiger partial charge in [0, 0.05) is 31.4 Å². The Morgan fingerprint density at radius 2 is 1.88 bits per heavy atom. The molecule has 10 nitrogen and oxygen atoms in total. The topological polar surface area (TPSA) is 127 Å². The Hall–Kier alpha value is -3.63. The van der Waals surface area contributed by atoms with Gasteiger partial charge < -0.3 is 14.8 Å². The number of nitrogens with zero attached hydrogens (tertiary/aromatic N) is 2. The predicted molar refractivity (Wildman–Crippen MR) is 159 cm³/mol. The van der Waals surface area contributed by atoms with Gasteiger partial charge in [0.1, 0.15) is 11.5 Å². The number of carbonyl (C=O) groups is 4. The summed E-state index contributed by atoms with van der Waals surface area (Å²) in [6, 6.07) is 8.67. The number of nitrogens with one attached hydrogen (secondary N) is 2. The summed E-state index contributed by atoms with van der Waals surface area (Å²) in [5.41, 5.74) is 4.15. The molecule has 0 spiro atoms. The highest BCUT2D eigenvalue weighted by Crippen LogP contribution is 2.27. The number of benzene rings is 1. The molecular weight excluding hydrogens is 536 g/mol. The number of cyclic esters (lactones) is 1. The lowest BCUT2D eigenvalue weighted by Crippen LogP contribution is -2.58. The van der Waals surface area contributed by atoms with E-state index in [1.807, 2.05) is 43.3 Å². The van der Waals surface area contributed by atoms with E-state index in [-0.39, 0.29) is 42.6 Å². The molecule has 0 saturated carbocycles. The van der Waals surface area contributed by atoms with Gasteiger partial charge in [0.15, 0.2) is 11.9 Å². The fraction of sp³-hybridized carbons (Fsp3) is 0.531. The first kappa shape index (κ1) is 31.3. The molecule has 2 aliphatic heterocycles. The van der Waals surface area contributed by atoms with Gasteiger partial charge in [-0.15, -0.1) is 0 Å². The lowest BCUT2D eigenvalue weighted by atomic mass is 9.89. The molecule has 0 radical (unpaired) electrons. The molecule has 2 aromatic rings. The number of hydrogen-bond acceptors (Lipinski definition) is 8. The highest BCUT2D eigenvalue weighted by molar-refractivity contribution is 5.92. The Labute approximate surface area is 247 Å². The summed E-state index contributed by atoms with van der Waals surface area (Å²) in [5, 5.41) is 5.40. The van der Waals surface area contributed by atoms with Crippen molar-refractivity contribution in [3.05, 3.63) is 47.7 Å². The van der Waals surface area contributed by atoms with Crippen LogP contribution in [0.3, 0.4) is 0 Å². The molecule has 42 heavy (non-hydrogen) atoms. The molecule has 3 heterocycles. The van der Waals surface area contributed by atoms with Gasteiger partial charge >= 0.3 is 5.97 Å². The van der Waals surface area contributed by atoms with E-state index in [0.717, 1.165) is 16.5 Å². The maximum atomic E-state index is 13.5. The maximum Gasteiger partial charge on any atom is 0.318 e. The second-order valence-corrected chi connectivity index (χ2v) is 12.1. The second kappa shape index (κ2) is 13.1. The lowest BCUT2D eigenvalue weighted by molar-refractivity contribution is -0.167. The molecule has 4 rings (SSSR count). The smallest absolute Gasteiger partial charge is 0.318 e. The number of aromatic nitrogens is 1. The molecule has 0 unspecified atom stereocenters. The van der Waals surface area contributed by atoms with E-state index in [1.54, 1.807) is 33.8 Å². The van der Waals surface area contributed by atoms with E-state index in [2.05, 4.69) is 10.7 Å². The standard InChI is InChI=1S/C32H42N4O6/c1-19(2)28-27(37)16-20(3)30(39)36-15-7-8-25(35-36)29(38)33-21(4)24-12-11-23-10-9-22(17-26(23)34-24)13-14-32(5,18-41-6)31(40)42-28/h9-14,17,19-21,25,28,35H,7-8,15-16,18H2,1-6H3,(H,33,38)/b14-13+/t20-,21-,25+,28+,32+/m1/s1. The van der Waals surface area contributed by atoms with Crippen molar-refractivity contribution in [2.75, 3.05) is 20.3 Å². The van der Waals surface area contributed by atoms with Gasteiger partial charge in [-0.3, -0.25) is 29.2 Å². The second-order valence-electron chi connectivity index (χ2n) is 12.1. The van der Waals surface area contributed by atoms with Crippen LogP contribution in [0.2, 0.25) is 0 Å². The van der Waals surface area contributed by atoms with E-state index < -0.39 is 29.4 Å². The fourth-order valence-corrected chi connectivity index (χ4v) is 5.37. The third-order valence-corrected chi connectivity index (χ3v) is 7.95. The highest BCUT2D eigenvalue weighted by atomic mass is 16.6. The van der Waals surface area contributed by atoms with Crippen molar-refractivity contribution in [3.63, 3.8) is 0 Å². The summed E-state index contributed by atoms with van der Waals surface area (Å²) in [7, 11) is 1.50. The number of esters is 1. The van der Waals surface area contributed by atoms with Crippen LogP contribution in [-0.4, -0.2) is 66.0 Å². The van der Waals surface area contributed by atoms with Crippen molar-refractivity contribution >= 4 is 40.5 Å². The number of hydrazine groups is 1. The molecule has 1 fully saturated rings. The summed E-state index contributed by atoms with van der Waals surface area (Å²) in [6.45, 7) is 9.34. The first-order chi connectivity index (χ1) is 19.9. The predicted octanol–water partition coefficient (Wildman–Crippen LogP) is 3.75. The van der Waals surface area contributed by atoms with Crippen molar-refractivity contribution < 1.29 is 28.7 Å². The van der Waals surface area contributed by atoms with Crippen LogP contribution < -0.4 is 10.7 Å². The van der Waals surface area contributed by atoms with Crippen LogP contribution in [0.4, 0.5) is 0 Å². The van der Waals surface area contributed by atoms with Crippen LogP contribution in [0, 0.1) is 17.3 Å². The largest absolute Gasteiger partial charge is 0.453 e. The van der Waals surface area contributed by atoms with Crippen molar-refractivity contribution in [3.8, 4) is 0 Å². The molecule has 0 aliphatic carbocycles. The highest BCUT2D eigenvalue weighted by Gasteiger charge is 2.38. The van der Waals surface area contributed by atoms with Gasteiger partial charge in [-0.1, -0.05) is 51.1 Å². The van der Waals surface area contributed by atoms with E-state index >= 15 is 0 Å². The maximum absolute atomic E-state index is 13.5. The average molecular weight is 579 g/mol. The Morgan fingerprint density at radius 1 is 1.14 bits per heavy atom. The minimum Gasteiger partial charge on any atom is -0.453 e. The first-order valence-corrected chi connectivity index (χ1v) is 14.6. The molecular formula is C32H42N4O6. The molecule has 2 amide bonds. The number of Topliss-reactive ketones (excluding diaryl/α,β-unsaturated/α-hetero) is 1. The van der Waals surface area contributed by atoms with Crippen LogP contribution in [0.5, 0.6) is 0 Å². The third-order valence-electron chi connectivity index (χ3n) is 7.95. The zero-order chi connectivity index (χ0) is 30.6. The fourth-order valence-electron chi connectivity index (χ4n) is 5.37. The summed E-state index contributed by atoms with van der Waals surface area (Å²) in [6.07, 6.45) is 3.63. The van der Waals surface area contributed by atoms with E-state index in [4.69, 9.17) is 14.5 Å². The number of fused-ring (bicyclic) bond motifs is 4. The van der Waals surface area contributed by atoms with Gasteiger partial charge in [-0.05, 0) is 50.3 Å². The number of carbonyl (C=O) groups excluding carboxylic acids is 4. The zero-order valence-corrected chi connectivity index (χ0v) is 25.3. The van der Waals surface area contributed by atoms with Crippen LogP contribution in [0.25, 0.3) is 17.0 Å². The molecule has 2 N–H and O–H groups in total. The minimum atomic E-state index is -1.17. The average Bonchev–Trinajstić information content (AvgIpc) is 2.97. The van der Waals surface area contributed by atoms with Gasteiger partial charge in [0.2, 0.25) is 11.8 Å². The van der Waals surface area contributed by atoms with Crippen molar-refractivity contribution in [1.29, 1.82) is 0 Å². The van der Waals surface area contributed by atoms with Gasteiger partial charge in [-0.25, -0.2) is 5.43 Å². The normalized spacial score (nSPS) is 29.0. The molecule has 5 bridgehead atoms. The summed E-state index contributed by atoms with van der Waals surface area (Å²) in [4.78, 5) is 58.2. The van der Waals surface area contributed by atoms with E-state index in [1.165, 1.54) is 12.1 Å². The number of amides is 2. The Kier molecular flexibility index (Phi) is 9.78. The molecule has 226 valence electrons.